The number of H-pyrrole nitrogens is 1. The van der Waals surface area contributed by atoms with Crippen molar-refractivity contribution >= 4 is 22.6 Å². The van der Waals surface area contributed by atoms with Crippen LogP contribution in [0.15, 0.2) is 48.7 Å². The third-order valence-corrected chi connectivity index (χ3v) is 5.31. The Labute approximate surface area is 162 Å². The molecule has 146 valence electrons. The van der Waals surface area contributed by atoms with Crippen molar-refractivity contribution < 1.29 is 19.0 Å². The van der Waals surface area contributed by atoms with Gasteiger partial charge in [0.15, 0.2) is 0 Å². The lowest BCUT2D eigenvalue weighted by Crippen LogP contribution is -2.49. The summed E-state index contributed by atoms with van der Waals surface area (Å²) in [7, 11) is 1.65. The van der Waals surface area contributed by atoms with Crippen molar-refractivity contribution in [3.05, 3.63) is 60.0 Å². The first kappa shape index (κ1) is 18.3. The molecule has 2 heterocycles. The van der Waals surface area contributed by atoms with Crippen molar-refractivity contribution in [2.24, 2.45) is 0 Å². The molecule has 28 heavy (non-hydrogen) atoms. The van der Waals surface area contributed by atoms with Crippen LogP contribution in [0.5, 0.6) is 5.75 Å². The van der Waals surface area contributed by atoms with Crippen LogP contribution in [0.1, 0.15) is 11.6 Å². The zero-order chi connectivity index (χ0) is 19.7. The second kappa shape index (κ2) is 7.52. The lowest BCUT2D eigenvalue weighted by Gasteiger charge is -2.39. The summed E-state index contributed by atoms with van der Waals surface area (Å²) in [4.78, 5) is 19.3. The summed E-state index contributed by atoms with van der Waals surface area (Å²) < 4.78 is 18.9. The molecule has 7 heteroatoms. The molecule has 2 N–H and O–H groups in total. The van der Waals surface area contributed by atoms with Gasteiger partial charge >= 0.3 is 5.97 Å². The maximum Gasteiger partial charge on any atom is 0.325 e. The van der Waals surface area contributed by atoms with Gasteiger partial charge in [-0.3, -0.25) is 9.69 Å². The van der Waals surface area contributed by atoms with Crippen LogP contribution in [-0.2, 0) is 4.79 Å². The molecule has 2 aromatic carbocycles. The molecule has 1 aliphatic rings. The molecular weight excluding hydrogens is 361 g/mol. The average molecular weight is 383 g/mol. The molecule has 4 rings (SSSR count). The van der Waals surface area contributed by atoms with Crippen LogP contribution in [0.3, 0.4) is 0 Å². The van der Waals surface area contributed by atoms with E-state index in [-0.39, 0.29) is 5.82 Å². The number of nitrogens with one attached hydrogen (secondary N) is 1. The highest BCUT2D eigenvalue weighted by atomic mass is 19.1. The first-order valence-corrected chi connectivity index (χ1v) is 9.20. The number of hydrogen-bond donors (Lipinski definition) is 2. The number of carbonyl (C=O) groups is 1. The summed E-state index contributed by atoms with van der Waals surface area (Å²) in [6, 6.07) is 11.4. The Bertz CT molecular complexity index is 995. The predicted octanol–water partition coefficient (Wildman–Crippen LogP) is 3.26. The monoisotopic (exact) mass is 383 g/mol. The minimum absolute atomic E-state index is 0.349. The Balaban J connectivity index is 1.56. The number of aliphatic carboxylic acids is 1. The predicted molar refractivity (Wildman–Crippen MR) is 105 cm³/mol. The molecule has 0 spiro atoms. The van der Waals surface area contributed by atoms with Gasteiger partial charge in [-0.2, -0.15) is 0 Å². The van der Waals surface area contributed by atoms with Crippen molar-refractivity contribution in [2.45, 2.75) is 6.04 Å². The van der Waals surface area contributed by atoms with Crippen molar-refractivity contribution in [1.29, 1.82) is 0 Å². The summed E-state index contributed by atoms with van der Waals surface area (Å²) in [5.41, 5.74) is 2.28. The number of carboxylic acid groups (broad SMARTS) is 1. The van der Waals surface area contributed by atoms with Crippen LogP contribution in [-0.4, -0.2) is 54.2 Å². The van der Waals surface area contributed by atoms with E-state index in [0.717, 1.165) is 16.8 Å². The maximum atomic E-state index is 13.5. The Morgan fingerprint density at radius 1 is 1.18 bits per heavy atom. The largest absolute Gasteiger partial charge is 0.495 e. The molecule has 1 atom stereocenters. The highest BCUT2D eigenvalue weighted by molar-refractivity contribution is 5.89. The molecule has 0 saturated carbocycles. The van der Waals surface area contributed by atoms with E-state index < -0.39 is 12.0 Å². The zero-order valence-corrected chi connectivity index (χ0v) is 15.6. The first-order valence-electron chi connectivity index (χ1n) is 9.20. The van der Waals surface area contributed by atoms with E-state index in [1.54, 1.807) is 19.4 Å². The van der Waals surface area contributed by atoms with Gasteiger partial charge in [0, 0.05) is 48.8 Å². The number of rotatable bonds is 5. The summed E-state index contributed by atoms with van der Waals surface area (Å²) in [5.74, 6) is -0.446. The number of fused-ring (bicyclic) bond motifs is 1. The lowest BCUT2D eigenvalue weighted by molar-refractivity contribution is -0.143. The van der Waals surface area contributed by atoms with E-state index in [1.165, 1.54) is 12.1 Å². The molecule has 0 amide bonds. The van der Waals surface area contributed by atoms with Crippen LogP contribution in [0, 0.1) is 5.82 Å². The van der Waals surface area contributed by atoms with Crippen molar-refractivity contribution in [1.82, 2.24) is 9.88 Å². The maximum absolute atomic E-state index is 13.5. The molecule has 1 aliphatic heterocycles. The second-order valence-corrected chi connectivity index (χ2v) is 6.87. The number of benzene rings is 2. The number of halogens is 1. The second-order valence-electron chi connectivity index (χ2n) is 6.87. The molecule has 1 saturated heterocycles. The minimum atomic E-state index is -0.907. The Kier molecular flexibility index (Phi) is 4.92. The van der Waals surface area contributed by atoms with Gasteiger partial charge in [0.2, 0.25) is 0 Å². The number of ether oxygens (including phenoxy) is 1. The molecule has 0 radical (unpaired) electrons. The number of piperazine rings is 1. The lowest BCUT2D eigenvalue weighted by atomic mass is 10.0. The van der Waals surface area contributed by atoms with Crippen LogP contribution in [0.25, 0.3) is 10.9 Å². The zero-order valence-electron chi connectivity index (χ0n) is 15.6. The number of para-hydroxylation sites is 2. The van der Waals surface area contributed by atoms with Crippen molar-refractivity contribution in [2.75, 3.05) is 38.2 Å². The Hall–Kier alpha value is -3.06. The third-order valence-electron chi connectivity index (χ3n) is 5.31. The number of hydrogen-bond acceptors (Lipinski definition) is 4. The van der Waals surface area contributed by atoms with E-state index in [9.17, 15) is 14.3 Å². The van der Waals surface area contributed by atoms with Gasteiger partial charge in [0.25, 0.3) is 0 Å². The normalized spacial score (nSPS) is 16.3. The molecule has 1 unspecified atom stereocenters. The van der Waals surface area contributed by atoms with Crippen LogP contribution in [0.2, 0.25) is 0 Å². The molecule has 0 aliphatic carbocycles. The van der Waals surface area contributed by atoms with Gasteiger partial charge in [-0.1, -0.05) is 12.1 Å². The van der Waals surface area contributed by atoms with Gasteiger partial charge in [0.05, 0.1) is 12.8 Å². The summed E-state index contributed by atoms with van der Waals surface area (Å²) in [6.45, 7) is 2.59. The van der Waals surface area contributed by atoms with Crippen LogP contribution < -0.4 is 9.64 Å². The summed E-state index contributed by atoms with van der Waals surface area (Å²) >= 11 is 0. The molecule has 1 aromatic heterocycles. The van der Waals surface area contributed by atoms with Gasteiger partial charge < -0.3 is 19.7 Å². The topological polar surface area (TPSA) is 68.8 Å². The molecule has 1 fully saturated rings. The number of carboxylic acids is 1. The van der Waals surface area contributed by atoms with Gasteiger partial charge in [-0.15, -0.1) is 0 Å². The van der Waals surface area contributed by atoms with E-state index in [1.807, 2.05) is 29.2 Å². The standard InChI is InChI=1S/C21H22FN3O3/c1-28-19-5-3-2-4-18(19)24-8-10-25(11-9-24)20(21(26)27)16-13-23-17-12-14(22)6-7-15(16)17/h2-7,12-13,20,23H,8-11H2,1H3,(H,26,27). The highest BCUT2D eigenvalue weighted by Gasteiger charge is 2.32. The van der Waals surface area contributed by atoms with E-state index >= 15 is 0 Å². The van der Waals surface area contributed by atoms with Crippen molar-refractivity contribution in [3.8, 4) is 5.75 Å². The number of aromatic amines is 1. The first-order chi connectivity index (χ1) is 13.6. The Morgan fingerprint density at radius 2 is 1.93 bits per heavy atom. The van der Waals surface area contributed by atoms with Gasteiger partial charge in [-0.25, -0.2) is 4.39 Å². The fourth-order valence-corrected chi connectivity index (χ4v) is 3.95. The van der Waals surface area contributed by atoms with Crippen LogP contribution in [0.4, 0.5) is 10.1 Å². The smallest absolute Gasteiger partial charge is 0.325 e. The number of anilines is 1. The molecule has 3 aromatic rings. The molecular formula is C21H22FN3O3. The fraction of sp³-hybridized carbons (Fsp3) is 0.286. The molecule has 0 bridgehead atoms. The molecule has 6 nitrogen and oxygen atoms in total. The summed E-state index contributed by atoms with van der Waals surface area (Å²) in [5, 5.41) is 10.7. The fourth-order valence-electron chi connectivity index (χ4n) is 3.95. The van der Waals surface area contributed by atoms with Gasteiger partial charge in [0.1, 0.15) is 17.6 Å². The number of aromatic nitrogens is 1. The summed E-state index contributed by atoms with van der Waals surface area (Å²) in [6.07, 6.45) is 1.68. The Morgan fingerprint density at radius 3 is 2.64 bits per heavy atom. The highest BCUT2D eigenvalue weighted by Crippen LogP contribution is 2.32. The van der Waals surface area contributed by atoms with E-state index in [4.69, 9.17) is 4.74 Å². The third kappa shape index (κ3) is 3.29. The number of methoxy groups -OCH3 is 1. The van der Waals surface area contributed by atoms with Crippen molar-refractivity contribution in [3.63, 3.8) is 0 Å². The van der Waals surface area contributed by atoms with E-state index in [0.29, 0.717) is 37.3 Å². The van der Waals surface area contributed by atoms with Crippen LogP contribution >= 0.6 is 0 Å². The number of nitrogens with zero attached hydrogens (tertiary/aromatic N) is 2. The van der Waals surface area contributed by atoms with Gasteiger partial charge in [-0.05, 0) is 30.3 Å². The quantitative estimate of drug-likeness (QED) is 0.708. The average Bonchev–Trinajstić information content (AvgIpc) is 3.11. The SMILES string of the molecule is COc1ccccc1N1CCN(C(C(=O)O)c2c[nH]c3cc(F)ccc23)CC1. The van der Waals surface area contributed by atoms with E-state index in [2.05, 4.69) is 9.88 Å². The minimum Gasteiger partial charge on any atom is -0.495 e.